The summed E-state index contributed by atoms with van der Waals surface area (Å²) in [6.45, 7) is 3.54. The summed E-state index contributed by atoms with van der Waals surface area (Å²) < 4.78 is 0. The number of para-hydroxylation sites is 1. The molecular formula is C37H25ClN4O3. The average Bonchev–Trinajstić information content (AvgIpc) is 3.08. The molecule has 0 spiro atoms. The molecule has 6 aromatic rings. The third kappa shape index (κ3) is 6.25. The smallest absolute Gasteiger partial charge is 0.259 e. The Kier molecular flexibility index (Phi) is 8.26. The Morgan fingerprint density at radius 3 is 2.11 bits per heavy atom. The summed E-state index contributed by atoms with van der Waals surface area (Å²) >= 11 is 6.22. The molecule has 0 bridgehead atoms. The Labute approximate surface area is 264 Å². The van der Waals surface area contributed by atoms with Crippen molar-refractivity contribution in [2.24, 2.45) is 15.2 Å². The highest BCUT2D eigenvalue weighted by Crippen LogP contribution is 2.40. The minimum absolute atomic E-state index is 0.0169. The van der Waals surface area contributed by atoms with Crippen molar-refractivity contribution in [3.05, 3.63) is 149 Å². The van der Waals surface area contributed by atoms with Gasteiger partial charge >= 0.3 is 0 Å². The van der Waals surface area contributed by atoms with Crippen molar-refractivity contribution in [1.29, 1.82) is 0 Å². The van der Waals surface area contributed by atoms with E-state index in [1.807, 2.05) is 54.6 Å². The number of nitrogens with one attached hydrogen (secondary N) is 1. The van der Waals surface area contributed by atoms with E-state index in [1.54, 1.807) is 72.8 Å². The number of nitrogens with zero attached hydrogens (tertiary/aromatic N) is 3. The van der Waals surface area contributed by atoms with E-state index in [1.165, 1.54) is 0 Å². The highest BCUT2D eigenvalue weighted by molar-refractivity contribution is 6.34. The van der Waals surface area contributed by atoms with Crippen LogP contribution in [0.15, 0.2) is 143 Å². The van der Waals surface area contributed by atoms with Crippen molar-refractivity contribution in [1.82, 2.24) is 0 Å². The van der Waals surface area contributed by atoms with E-state index < -0.39 is 5.91 Å². The van der Waals surface area contributed by atoms with Gasteiger partial charge in [0, 0.05) is 16.5 Å². The van der Waals surface area contributed by atoms with Crippen LogP contribution in [0.5, 0.6) is 5.75 Å². The molecule has 0 unspecified atom stereocenters. The largest absolute Gasteiger partial charge is 0.505 e. The number of halogens is 1. The normalized spacial score (nSPS) is 11.0. The van der Waals surface area contributed by atoms with Crippen LogP contribution in [0.3, 0.4) is 0 Å². The third-order valence-electron chi connectivity index (χ3n) is 7.27. The summed E-state index contributed by atoms with van der Waals surface area (Å²) in [7, 11) is 0. The minimum Gasteiger partial charge on any atom is -0.505 e. The number of benzene rings is 6. The number of aromatic hydroxyl groups is 1. The summed E-state index contributed by atoms with van der Waals surface area (Å²) in [5, 5.41) is 24.3. The summed E-state index contributed by atoms with van der Waals surface area (Å²) in [5.41, 5.74) is 4.69. The summed E-state index contributed by atoms with van der Waals surface area (Å²) in [6.07, 6.45) is 0. The minimum atomic E-state index is -0.549. The van der Waals surface area contributed by atoms with Gasteiger partial charge in [0.05, 0.1) is 27.6 Å². The fourth-order valence-electron chi connectivity index (χ4n) is 4.90. The van der Waals surface area contributed by atoms with Gasteiger partial charge in [-0.25, -0.2) is 0 Å². The number of amides is 1. The number of carbonyl (C=O) groups is 2. The second kappa shape index (κ2) is 12.8. The highest BCUT2D eigenvalue weighted by atomic mass is 35.5. The molecule has 6 rings (SSSR count). The van der Waals surface area contributed by atoms with Crippen LogP contribution >= 0.6 is 11.6 Å². The SMILES string of the molecule is C=Nc1ccc(-c2ccc(C(=O)c3cccc(N=Nc4c(O)c(C(=O)Nc5ccccc5Cl)cc5ccccc45)c3)cc2)cc1. The van der Waals surface area contributed by atoms with Gasteiger partial charge in [0.25, 0.3) is 5.91 Å². The number of azo groups is 1. The Bertz CT molecular complexity index is 2110. The first kappa shape index (κ1) is 29.2. The van der Waals surface area contributed by atoms with Crippen LogP contribution in [0, 0.1) is 0 Å². The molecule has 0 aliphatic heterocycles. The summed E-state index contributed by atoms with van der Waals surface area (Å²) in [6, 6.07) is 37.5. The molecule has 8 heteroatoms. The molecule has 0 aromatic heterocycles. The number of phenols is 1. The zero-order chi connectivity index (χ0) is 31.3. The van der Waals surface area contributed by atoms with E-state index in [4.69, 9.17) is 11.6 Å². The standard InChI is InChI=1S/C37H25ClN4O3/c1-39-28-19-17-24(18-20-28)23-13-15-25(16-14-23)35(43)27-8-6-9-29(21-27)41-42-34-30-10-3-2-7-26(30)22-31(36(34)44)37(45)40-33-12-5-4-11-32(33)38/h2-22,44H,1H2,(H,40,45). The average molecular weight is 609 g/mol. The molecule has 6 aromatic carbocycles. The molecule has 0 saturated heterocycles. The van der Waals surface area contributed by atoms with Crippen molar-refractivity contribution in [2.45, 2.75) is 0 Å². The van der Waals surface area contributed by atoms with Crippen molar-refractivity contribution >= 4 is 63.5 Å². The van der Waals surface area contributed by atoms with Crippen LogP contribution in [0.1, 0.15) is 26.3 Å². The Morgan fingerprint density at radius 1 is 0.689 bits per heavy atom. The lowest BCUT2D eigenvalue weighted by atomic mass is 9.99. The van der Waals surface area contributed by atoms with E-state index in [9.17, 15) is 14.7 Å². The number of fused-ring (bicyclic) bond motifs is 1. The van der Waals surface area contributed by atoms with Gasteiger partial charge in [-0.3, -0.25) is 14.6 Å². The molecule has 0 saturated carbocycles. The molecule has 0 aliphatic carbocycles. The van der Waals surface area contributed by atoms with Crippen molar-refractivity contribution < 1.29 is 14.7 Å². The van der Waals surface area contributed by atoms with E-state index >= 15 is 0 Å². The molecule has 0 fully saturated rings. The highest BCUT2D eigenvalue weighted by Gasteiger charge is 2.19. The van der Waals surface area contributed by atoms with Gasteiger partial charge < -0.3 is 10.4 Å². The van der Waals surface area contributed by atoms with E-state index in [0.29, 0.717) is 38.3 Å². The lowest BCUT2D eigenvalue weighted by Crippen LogP contribution is -2.12. The molecule has 2 N–H and O–H groups in total. The zero-order valence-corrected chi connectivity index (χ0v) is 24.6. The number of carbonyl (C=O) groups excluding carboxylic acids is 2. The predicted octanol–water partition coefficient (Wildman–Crippen LogP) is 10.1. The van der Waals surface area contributed by atoms with Crippen molar-refractivity contribution in [3.8, 4) is 16.9 Å². The van der Waals surface area contributed by atoms with Crippen molar-refractivity contribution in [2.75, 3.05) is 5.32 Å². The second-order valence-corrected chi connectivity index (χ2v) is 10.5. The first-order valence-electron chi connectivity index (χ1n) is 14.0. The Hall–Kier alpha value is -5.92. The number of hydrogen-bond acceptors (Lipinski definition) is 6. The molecule has 218 valence electrons. The number of hydrogen-bond donors (Lipinski definition) is 2. The third-order valence-corrected chi connectivity index (χ3v) is 7.60. The van der Waals surface area contributed by atoms with Crippen LogP contribution in [0.25, 0.3) is 21.9 Å². The lowest BCUT2D eigenvalue weighted by Gasteiger charge is -2.12. The number of aliphatic imine (C=N–C) groups is 1. The summed E-state index contributed by atoms with van der Waals surface area (Å²) in [5.74, 6) is -1.05. The molecule has 0 atom stereocenters. The van der Waals surface area contributed by atoms with Gasteiger partial charge in [0.2, 0.25) is 0 Å². The lowest BCUT2D eigenvalue weighted by molar-refractivity contribution is 0.102. The fourth-order valence-corrected chi connectivity index (χ4v) is 5.08. The molecule has 0 aliphatic rings. The number of ketones is 1. The molecule has 1 amide bonds. The van der Waals surface area contributed by atoms with E-state index in [2.05, 4.69) is 27.3 Å². The van der Waals surface area contributed by atoms with Crippen LogP contribution < -0.4 is 5.32 Å². The van der Waals surface area contributed by atoms with E-state index in [0.717, 1.165) is 16.8 Å². The van der Waals surface area contributed by atoms with Gasteiger partial charge in [-0.2, -0.15) is 5.11 Å². The molecule has 45 heavy (non-hydrogen) atoms. The second-order valence-electron chi connectivity index (χ2n) is 10.1. The van der Waals surface area contributed by atoms with Gasteiger partial charge in [0.15, 0.2) is 11.5 Å². The predicted molar refractivity (Wildman–Crippen MR) is 180 cm³/mol. The Morgan fingerprint density at radius 2 is 1.38 bits per heavy atom. The molecule has 7 nitrogen and oxygen atoms in total. The number of anilines is 1. The van der Waals surface area contributed by atoms with Gasteiger partial charge in [0.1, 0.15) is 5.69 Å². The maximum atomic E-state index is 13.3. The number of rotatable bonds is 8. The van der Waals surface area contributed by atoms with Gasteiger partial charge in [-0.15, -0.1) is 5.11 Å². The number of phenolic OH excluding ortho intramolecular Hbond substituents is 1. The summed E-state index contributed by atoms with van der Waals surface area (Å²) in [4.78, 5) is 30.5. The first-order valence-corrected chi connectivity index (χ1v) is 14.3. The van der Waals surface area contributed by atoms with E-state index in [-0.39, 0.29) is 22.8 Å². The van der Waals surface area contributed by atoms with Crippen LogP contribution in [0.2, 0.25) is 5.02 Å². The van der Waals surface area contributed by atoms with Gasteiger partial charge in [-0.1, -0.05) is 96.5 Å². The van der Waals surface area contributed by atoms with Crippen LogP contribution in [-0.2, 0) is 0 Å². The Balaban J connectivity index is 1.27. The monoisotopic (exact) mass is 608 g/mol. The molecular weight excluding hydrogens is 584 g/mol. The molecule has 0 heterocycles. The van der Waals surface area contributed by atoms with Gasteiger partial charge in [-0.05, 0) is 65.7 Å². The zero-order valence-electron chi connectivity index (χ0n) is 23.8. The fraction of sp³-hybridized carbons (Fsp3) is 0. The molecule has 0 radical (unpaired) electrons. The van der Waals surface area contributed by atoms with Crippen LogP contribution in [-0.4, -0.2) is 23.5 Å². The van der Waals surface area contributed by atoms with Crippen LogP contribution in [0.4, 0.5) is 22.7 Å². The maximum absolute atomic E-state index is 13.3. The topological polar surface area (TPSA) is 103 Å². The van der Waals surface area contributed by atoms with Crippen molar-refractivity contribution in [3.63, 3.8) is 0 Å². The maximum Gasteiger partial charge on any atom is 0.259 e. The quantitative estimate of drug-likeness (QED) is 0.102. The first-order chi connectivity index (χ1) is 21.9.